The number of carbonyl (C=O) groups is 1. The smallest absolute Gasteiger partial charge is 0.250 e. The monoisotopic (exact) mass is 418 g/mol. The van der Waals surface area contributed by atoms with Crippen LogP contribution in [0.15, 0.2) is 47.9 Å². The van der Waals surface area contributed by atoms with Crippen LogP contribution < -0.4 is 14.8 Å². The van der Waals surface area contributed by atoms with Crippen LogP contribution in [0.25, 0.3) is 17.3 Å². The van der Waals surface area contributed by atoms with Gasteiger partial charge in [0.1, 0.15) is 0 Å². The first-order chi connectivity index (χ1) is 13.1. The van der Waals surface area contributed by atoms with Crippen molar-refractivity contribution in [2.75, 3.05) is 12.1 Å². The molecule has 0 saturated carbocycles. The van der Waals surface area contributed by atoms with Crippen molar-refractivity contribution < 1.29 is 14.3 Å². The van der Waals surface area contributed by atoms with Crippen molar-refractivity contribution in [3.05, 3.63) is 63.5 Å². The van der Waals surface area contributed by atoms with Gasteiger partial charge in [0.25, 0.3) is 0 Å². The molecule has 0 unspecified atom stereocenters. The number of anilines is 1. The Morgan fingerprint density at radius 2 is 2.00 bits per heavy atom. The van der Waals surface area contributed by atoms with Gasteiger partial charge < -0.3 is 9.47 Å². The van der Waals surface area contributed by atoms with Gasteiger partial charge in [-0.25, -0.2) is 4.98 Å². The minimum absolute atomic E-state index is 0.215. The van der Waals surface area contributed by atoms with Crippen LogP contribution in [0.1, 0.15) is 5.56 Å². The molecule has 1 aliphatic heterocycles. The molecule has 4 rings (SSSR count). The highest BCUT2D eigenvalue weighted by atomic mass is 35.5. The van der Waals surface area contributed by atoms with Crippen molar-refractivity contribution in [1.82, 2.24) is 4.98 Å². The molecular formula is C19H12Cl2N2O3S. The summed E-state index contributed by atoms with van der Waals surface area (Å²) in [6.45, 7) is 0.215. The lowest BCUT2D eigenvalue weighted by Crippen LogP contribution is -2.07. The maximum Gasteiger partial charge on any atom is 0.250 e. The highest BCUT2D eigenvalue weighted by Crippen LogP contribution is 2.33. The van der Waals surface area contributed by atoms with Gasteiger partial charge in [-0.3, -0.25) is 10.1 Å². The Balaban J connectivity index is 1.43. The number of amides is 1. The van der Waals surface area contributed by atoms with Crippen molar-refractivity contribution in [2.24, 2.45) is 0 Å². The molecule has 5 nitrogen and oxygen atoms in total. The lowest BCUT2D eigenvalue weighted by atomic mass is 10.2. The van der Waals surface area contributed by atoms with Crippen LogP contribution in [-0.2, 0) is 4.79 Å². The molecule has 1 aromatic heterocycles. The molecule has 1 N–H and O–H groups in total. The van der Waals surface area contributed by atoms with Crippen LogP contribution in [0.4, 0.5) is 5.13 Å². The molecule has 0 fully saturated rings. The number of aromatic nitrogens is 1. The molecular weight excluding hydrogens is 407 g/mol. The summed E-state index contributed by atoms with van der Waals surface area (Å²) < 4.78 is 10.6. The first-order valence-corrected chi connectivity index (χ1v) is 9.52. The molecule has 27 heavy (non-hydrogen) atoms. The van der Waals surface area contributed by atoms with Crippen molar-refractivity contribution >= 4 is 51.7 Å². The third-order valence-corrected chi connectivity index (χ3v) is 5.07. The summed E-state index contributed by atoms with van der Waals surface area (Å²) in [5.41, 5.74) is 2.27. The van der Waals surface area contributed by atoms with Gasteiger partial charge in [-0.15, -0.1) is 11.3 Å². The van der Waals surface area contributed by atoms with Crippen LogP contribution in [0.3, 0.4) is 0 Å². The van der Waals surface area contributed by atoms with Gasteiger partial charge in [0.2, 0.25) is 12.7 Å². The van der Waals surface area contributed by atoms with Crippen LogP contribution in [0.2, 0.25) is 10.0 Å². The minimum Gasteiger partial charge on any atom is -0.454 e. The molecule has 0 saturated heterocycles. The first kappa shape index (κ1) is 17.9. The number of nitrogens with zero attached hydrogens (tertiary/aromatic N) is 1. The van der Waals surface area contributed by atoms with Gasteiger partial charge >= 0.3 is 0 Å². The van der Waals surface area contributed by atoms with Gasteiger partial charge in [0.05, 0.1) is 10.7 Å². The van der Waals surface area contributed by atoms with E-state index >= 15 is 0 Å². The van der Waals surface area contributed by atoms with Crippen LogP contribution >= 0.6 is 34.5 Å². The van der Waals surface area contributed by atoms with Gasteiger partial charge in [-0.2, -0.15) is 0 Å². The summed E-state index contributed by atoms with van der Waals surface area (Å²) in [5, 5.41) is 6.11. The predicted molar refractivity (Wildman–Crippen MR) is 108 cm³/mol. The molecule has 0 spiro atoms. The highest BCUT2D eigenvalue weighted by molar-refractivity contribution is 7.14. The Bertz CT molecular complexity index is 1050. The van der Waals surface area contributed by atoms with Crippen molar-refractivity contribution in [1.29, 1.82) is 0 Å². The number of hydrogen-bond donors (Lipinski definition) is 1. The van der Waals surface area contributed by atoms with Crippen LogP contribution in [0, 0.1) is 0 Å². The number of thiazole rings is 1. The van der Waals surface area contributed by atoms with E-state index in [1.165, 1.54) is 17.4 Å². The third kappa shape index (κ3) is 4.08. The lowest BCUT2D eigenvalue weighted by Gasteiger charge is -2.01. The van der Waals surface area contributed by atoms with Crippen molar-refractivity contribution in [3.8, 4) is 22.8 Å². The molecule has 0 radical (unpaired) electrons. The van der Waals surface area contributed by atoms with Gasteiger partial charge in [0.15, 0.2) is 16.6 Å². The Kier molecular flexibility index (Phi) is 5.03. The van der Waals surface area contributed by atoms with E-state index in [1.54, 1.807) is 24.3 Å². The molecule has 136 valence electrons. The van der Waals surface area contributed by atoms with E-state index in [-0.39, 0.29) is 12.7 Å². The normalized spacial score (nSPS) is 12.5. The number of nitrogens with one attached hydrogen (secondary N) is 1. The summed E-state index contributed by atoms with van der Waals surface area (Å²) in [6, 6.07) is 10.7. The average Bonchev–Trinajstić information content (AvgIpc) is 3.29. The van der Waals surface area contributed by atoms with E-state index in [0.717, 1.165) is 11.1 Å². The average molecular weight is 419 g/mol. The molecule has 0 atom stereocenters. The Hall–Kier alpha value is -2.54. The summed E-state index contributed by atoms with van der Waals surface area (Å²) in [5.74, 6) is 1.09. The number of fused-ring (bicyclic) bond motifs is 1. The number of benzene rings is 2. The highest BCUT2D eigenvalue weighted by Gasteiger charge is 2.13. The largest absolute Gasteiger partial charge is 0.454 e. The molecule has 2 aromatic carbocycles. The maximum atomic E-state index is 12.1. The van der Waals surface area contributed by atoms with Crippen LogP contribution in [-0.4, -0.2) is 17.7 Å². The molecule has 1 amide bonds. The third-order valence-electron chi connectivity index (χ3n) is 3.77. The van der Waals surface area contributed by atoms with E-state index in [9.17, 15) is 4.79 Å². The second kappa shape index (κ2) is 7.60. The van der Waals surface area contributed by atoms with Gasteiger partial charge in [0, 0.05) is 22.0 Å². The predicted octanol–water partition coefficient (Wildman–Crippen LogP) is 5.50. The summed E-state index contributed by atoms with van der Waals surface area (Å²) >= 11 is 13.4. The standard InChI is InChI=1S/C19H12Cl2N2O3S/c20-12-3-4-13(14(21)8-12)15-9-27-19(22-15)23-18(24)6-2-11-1-5-16-17(7-11)26-10-25-16/h1-9H,10H2,(H,22,23,24)/b6-2+. The number of rotatable bonds is 4. The fourth-order valence-electron chi connectivity index (χ4n) is 2.49. The molecule has 8 heteroatoms. The Morgan fingerprint density at radius 3 is 2.85 bits per heavy atom. The fourth-order valence-corrected chi connectivity index (χ4v) is 3.71. The molecule has 3 aromatic rings. The zero-order chi connectivity index (χ0) is 18.8. The zero-order valence-electron chi connectivity index (χ0n) is 13.7. The van der Waals surface area contributed by atoms with Crippen molar-refractivity contribution in [3.63, 3.8) is 0 Å². The maximum absolute atomic E-state index is 12.1. The van der Waals surface area contributed by atoms with Gasteiger partial charge in [-0.05, 0) is 42.0 Å². The quantitative estimate of drug-likeness (QED) is 0.568. The van der Waals surface area contributed by atoms with E-state index in [0.29, 0.717) is 32.4 Å². The Labute approximate surface area is 169 Å². The number of carbonyl (C=O) groups excluding carboxylic acids is 1. The molecule has 2 heterocycles. The molecule has 0 bridgehead atoms. The van der Waals surface area contributed by atoms with E-state index in [2.05, 4.69) is 10.3 Å². The van der Waals surface area contributed by atoms with Crippen molar-refractivity contribution in [2.45, 2.75) is 0 Å². The summed E-state index contributed by atoms with van der Waals surface area (Å²) in [6.07, 6.45) is 3.13. The second-order valence-corrected chi connectivity index (χ2v) is 7.30. The fraction of sp³-hybridized carbons (Fsp3) is 0.0526. The van der Waals surface area contributed by atoms with Gasteiger partial charge in [-0.1, -0.05) is 29.3 Å². The molecule has 0 aliphatic carbocycles. The second-order valence-electron chi connectivity index (χ2n) is 5.60. The SMILES string of the molecule is O=C(/C=C/c1ccc2c(c1)OCO2)Nc1nc(-c2ccc(Cl)cc2Cl)cs1. The lowest BCUT2D eigenvalue weighted by molar-refractivity contribution is -0.111. The minimum atomic E-state index is -0.282. The summed E-state index contributed by atoms with van der Waals surface area (Å²) in [4.78, 5) is 16.5. The zero-order valence-corrected chi connectivity index (χ0v) is 16.1. The number of hydrogen-bond acceptors (Lipinski definition) is 5. The summed E-state index contributed by atoms with van der Waals surface area (Å²) in [7, 11) is 0. The van der Waals surface area contributed by atoms with E-state index in [4.69, 9.17) is 32.7 Å². The Morgan fingerprint density at radius 1 is 1.15 bits per heavy atom. The number of ether oxygens (including phenoxy) is 2. The first-order valence-electron chi connectivity index (χ1n) is 7.88. The van der Waals surface area contributed by atoms with E-state index < -0.39 is 0 Å². The number of halogens is 2. The topological polar surface area (TPSA) is 60.5 Å². The van der Waals surface area contributed by atoms with Crippen LogP contribution in [0.5, 0.6) is 11.5 Å². The molecule has 1 aliphatic rings. The van der Waals surface area contributed by atoms with E-state index in [1.807, 2.05) is 23.6 Å².